The van der Waals surface area contributed by atoms with Crippen molar-refractivity contribution in [2.45, 2.75) is 89.1 Å². The van der Waals surface area contributed by atoms with Gasteiger partial charge in [-0.25, -0.2) is 9.59 Å². The molecule has 0 spiro atoms. The third kappa shape index (κ3) is 5.82. The summed E-state index contributed by atoms with van der Waals surface area (Å²) in [5.74, 6) is 3.66. The van der Waals surface area contributed by atoms with Crippen molar-refractivity contribution in [3.8, 4) is 0 Å². The van der Waals surface area contributed by atoms with E-state index >= 15 is 0 Å². The van der Waals surface area contributed by atoms with E-state index in [-0.39, 0.29) is 12.1 Å². The van der Waals surface area contributed by atoms with Crippen LogP contribution in [0.25, 0.3) is 0 Å². The number of hydrogen-bond acceptors (Lipinski definition) is 2. The van der Waals surface area contributed by atoms with Gasteiger partial charge in [0.1, 0.15) is 0 Å². The number of amides is 4. The van der Waals surface area contributed by atoms with Gasteiger partial charge in [0, 0.05) is 40.3 Å². The summed E-state index contributed by atoms with van der Waals surface area (Å²) in [5, 5.41) is 6.28. The van der Waals surface area contributed by atoms with Crippen molar-refractivity contribution in [1.29, 1.82) is 0 Å². The predicted molar refractivity (Wildman–Crippen MR) is 121 cm³/mol. The summed E-state index contributed by atoms with van der Waals surface area (Å²) >= 11 is 0. The maximum absolute atomic E-state index is 11.7. The lowest BCUT2D eigenvalue weighted by atomic mass is 9.79. The Bertz CT molecular complexity index is 572. The van der Waals surface area contributed by atoms with Gasteiger partial charge in [-0.1, -0.05) is 38.5 Å². The number of hydrogen-bond donors (Lipinski definition) is 2. The molecule has 4 aliphatic rings. The minimum absolute atomic E-state index is 0.0515. The van der Waals surface area contributed by atoms with Crippen molar-refractivity contribution < 1.29 is 9.59 Å². The maximum atomic E-state index is 11.7. The zero-order valence-electron chi connectivity index (χ0n) is 19.7. The normalized spacial score (nSPS) is 32.9. The molecular formula is C24H44N4O2. The Hall–Kier alpha value is -1.46. The highest BCUT2D eigenvalue weighted by atomic mass is 16.2. The zero-order valence-corrected chi connectivity index (χ0v) is 19.7. The van der Waals surface area contributed by atoms with Gasteiger partial charge < -0.3 is 20.4 Å². The second kappa shape index (κ2) is 10.7. The van der Waals surface area contributed by atoms with E-state index in [4.69, 9.17) is 0 Å². The zero-order chi connectivity index (χ0) is 21.7. The number of nitrogens with one attached hydrogen (secondary N) is 2. The highest BCUT2D eigenvalue weighted by Crippen LogP contribution is 2.58. The molecule has 6 heteroatoms. The minimum Gasteiger partial charge on any atom is -0.335 e. The molecule has 0 saturated heterocycles. The first kappa shape index (κ1) is 23.2. The second-order valence-corrected chi connectivity index (χ2v) is 10.5. The molecule has 4 aliphatic carbocycles. The molecule has 2 bridgehead atoms. The van der Waals surface area contributed by atoms with E-state index in [9.17, 15) is 9.59 Å². The fraction of sp³-hybridized carbons (Fsp3) is 0.917. The molecule has 0 aromatic rings. The molecule has 2 N–H and O–H groups in total. The fourth-order valence-electron chi connectivity index (χ4n) is 6.43. The predicted octanol–water partition coefficient (Wildman–Crippen LogP) is 4.45. The number of urea groups is 2. The van der Waals surface area contributed by atoms with Crippen LogP contribution in [0.5, 0.6) is 0 Å². The van der Waals surface area contributed by atoms with Crippen LogP contribution in [0.15, 0.2) is 0 Å². The van der Waals surface area contributed by atoms with E-state index in [2.05, 4.69) is 10.6 Å². The molecule has 30 heavy (non-hydrogen) atoms. The van der Waals surface area contributed by atoms with Crippen molar-refractivity contribution in [2.75, 3.05) is 28.2 Å². The van der Waals surface area contributed by atoms with Crippen LogP contribution in [-0.2, 0) is 0 Å². The standard InChI is InChI=1S/C13H22N2O.C11H22N2O/c1-15(2)13(16)14-12-7-8-6-11(12)10-5-3-4-9(8)10;1-13(2)11(14)12-10-8-6-4-3-5-7-9-10/h8-12H,3-7H2,1-2H3,(H,14,16);10H,3-9H2,1-2H3,(H,12,14). The molecule has 0 aliphatic heterocycles. The van der Waals surface area contributed by atoms with Gasteiger partial charge in [-0.3, -0.25) is 0 Å². The first-order valence-electron chi connectivity index (χ1n) is 12.3. The van der Waals surface area contributed by atoms with Gasteiger partial charge in [0.25, 0.3) is 0 Å². The van der Waals surface area contributed by atoms with Crippen LogP contribution < -0.4 is 10.6 Å². The van der Waals surface area contributed by atoms with Gasteiger partial charge >= 0.3 is 12.1 Å². The molecule has 0 radical (unpaired) electrons. The summed E-state index contributed by atoms with van der Waals surface area (Å²) in [7, 11) is 7.22. The Labute approximate surface area is 183 Å². The molecule has 4 fully saturated rings. The minimum atomic E-state index is 0.0515. The van der Waals surface area contributed by atoms with E-state index in [1.165, 1.54) is 64.2 Å². The van der Waals surface area contributed by atoms with Crippen LogP contribution in [0.3, 0.4) is 0 Å². The Morgan fingerprint density at radius 3 is 1.83 bits per heavy atom. The Morgan fingerprint density at radius 2 is 1.20 bits per heavy atom. The summed E-state index contributed by atoms with van der Waals surface area (Å²) in [6.45, 7) is 0. The Balaban J connectivity index is 0.000000173. The number of fused-ring (bicyclic) bond motifs is 5. The van der Waals surface area contributed by atoms with Crippen LogP contribution in [0.1, 0.15) is 77.0 Å². The Morgan fingerprint density at radius 1 is 0.633 bits per heavy atom. The largest absolute Gasteiger partial charge is 0.335 e. The van der Waals surface area contributed by atoms with Crippen molar-refractivity contribution >= 4 is 12.1 Å². The van der Waals surface area contributed by atoms with E-state index in [0.717, 1.165) is 36.5 Å². The third-order valence-corrected chi connectivity index (χ3v) is 7.98. The maximum Gasteiger partial charge on any atom is 0.317 e. The topological polar surface area (TPSA) is 64.7 Å². The van der Waals surface area contributed by atoms with Gasteiger partial charge in [-0.15, -0.1) is 0 Å². The average Bonchev–Trinajstić information content (AvgIpc) is 3.37. The summed E-state index contributed by atoms with van der Waals surface area (Å²) in [6, 6.07) is 1.02. The molecule has 5 atom stereocenters. The van der Waals surface area contributed by atoms with Gasteiger partial charge in [0.15, 0.2) is 0 Å². The molecule has 6 nitrogen and oxygen atoms in total. The van der Waals surface area contributed by atoms with Gasteiger partial charge in [-0.05, 0) is 62.2 Å². The van der Waals surface area contributed by atoms with E-state index < -0.39 is 0 Å². The molecular weight excluding hydrogens is 376 g/mol. The van der Waals surface area contributed by atoms with Crippen LogP contribution in [0.2, 0.25) is 0 Å². The molecule has 172 valence electrons. The van der Waals surface area contributed by atoms with Crippen molar-refractivity contribution in [1.82, 2.24) is 20.4 Å². The SMILES string of the molecule is CN(C)C(=O)NC1CC2CC1C1CCCC21.CN(C)C(=O)NC1CCCCCCC1. The summed E-state index contributed by atoms with van der Waals surface area (Å²) in [6.07, 6.45) is 15.8. The Kier molecular flexibility index (Phi) is 8.29. The molecule has 4 amide bonds. The molecule has 0 heterocycles. The van der Waals surface area contributed by atoms with Gasteiger partial charge in [0.2, 0.25) is 0 Å². The van der Waals surface area contributed by atoms with Crippen molar-refractivity contribution in [2.24, 2.45) is 23.7 Å². The number of carbonyl (C=O) groups is 2. The third-order valence-electron chi connectivity index (χ3n) is 7.98. The van der Waals surface area contributed by atoms with Crippen LogP contribution in [-0.4, -0.2) is 62.1 Å². The number of nitrogens with zero attached hydrogens (tertiary/aromatic N) is 2. The van der Waals surface area contributed by atoms with Gasteiger partial charge in [-0.2, -0.15) is 0 Å². The van der Waals surface area contributed by atoms with E-state index in [1.807, 2.05) is 14.1 Å². The molecule has 0 aromatic heterocycles. The second-order valence-electron chi connectivity index (χ2n) is 10.5. The van der Waals surface area contributed by atoms with Crippen molar-refractivity contribution in [3.63, 3.8) is 0 Å². The highest BCUT2D eigenvalue weighted by Gasteiger charge is 2.54. The monoisotopic (exact) mass is 420 g/mol. The smallest absolute Gasteiger partial charge is 0.317 e. The average molecular weight is 421 g/mol. The lowest BCUT2D eigenvalue weighted by Crippen LogP contribution is -2.46. The lowest BCUT2D eigenvalue weighted by molar-refractivity contribution is 0.184. The molecule has 4 rings (SSSR count). The first-order chi connectivity index (χ1) is 14.4. The van der Waals surface area contributed by atoms with Crippen LogP contribution in [0, 0.1) is 23.7 Å². The summed E-state index contributed by atoms with van der Waals surface area (Å²) < 4.78 is 0. The number of rotatable bonds is 2. The van der Waals surface area contributed by atoms with E-state index in [1.54, 1.807) is 23.9 Å². The molecule has 5 unspecified atom stereocenters. The van der Waals surface area contributed by atoms with Crippen molar-refractivity contribution in [3.05, 3.63) is 0 Å². The fourth-order valence-corrected chi connectivity index (χ4v) is 6.43. The lowest BCUT2D eigenvalue weighted by Gasteiger charge is -2.32. The number of carbonyl (C=O) groups excluding carboxylic acids is 2. The summed E-state index contributed by atoms with van der Waals surface area (Å²) in [5.41, 5.74) is 0. The van der Waals surface area contributed by atoms with E-state index in [0.29, 0.717) is 12.1 Å². The molecule has 0 aromatic carbocycles. The highest BCUT2D eigenvalue weighted by molar-refractivity contribution is 5.74. The van der Waals surface area contributed by atoms with Crippen LogP contribution >= 0.6 is 0 Å². The summed E-state index contributed by atoms with van der Waals surface area (Å²) in [4.78, 5) is 26.4. The molecule has 4 saturated carbocycles. The van der Waals surface area contributed by atoms with Gasteiger partial charge in [0.05, 0.1) is 0 Å². The quantitative estimate of drug-likeness (QED) is 0.693. The van der Waals surface area contributed by atoms with Crippen LogP contribution in [0.4, 0.5) is 9.59 Å². The first-order valence-corrected chi connectivity index (χ1v) is 12.3.